The summed E-state index contributed by atoms with van der Waals surface area (Å²) in [5.41, 5.74) is 0.881. The Labute approximate surface area is 124 Å². The molecule has 0 aromatic heterocycles. The summed E-state index contributed by atoms with van der Waals surface area (Å²) < 4.78 is 0. The lowest BCUT2D eigenvalue weighted by molar-refractivity contribution is 0.0776. The average Bonchev–Trinajstić information content (AvgIpc) is 2.91. The SMILES string of the molecule is CSc1cccc(NC(=O)N2CC(N3CCCC3)C2)c1. The van der Waals surface area contributed by atoms with E-state index >= 15 is 0 Å². The van der Waals surface area contributed by atoms with E-state index in [4.69, 9.17) is 0 Å². The summed E-state index contributed by atoms with van der Waals surface area (Å²) >= 11 is 1.68. The second kappa shape index (κ2) is 6.06. The van der Waals surface area contributed by atoms with Crippen molar-refractivity contribution in [3.8, 4) is 0 Å². The predicted octanol–water partition coefficient (Wildman–Crippen LogP) is 2.72. The van der Waals surface area contributed by atoms with Crippen molar-refractivity contribution in [2.24, 2.45) is 0 Å². The van der Waals surface area contributed by atoms with Crippen LogP contribution in [0, 0.1) is 0 Å². The van der Waals surface area contributed by atoms with Crippen molar-refractivity contribution in [2.75, 3.05) is 37.8 Å². The van der Waals surface area contributed by atoms with Crippen LogP contribution in [-0.4, -0.2) is 54.3 Å². The molecule has 5 heteroatoms. The number of rotatable bonds is 3. The van der Waals surface area contributed by atoms with Gasteiger partial charge in [-0.2, -0.15) is 0 Å². The van der Waals surface area contributed by atoms with Crippen LogP contribution in [0.3, 0.4) is 0 Å². The second-order valence-corrected chi connectivity index (χ2v) is 6.34. The van der Waals surface area contributed by atoms with Gasteiger partial charge in [0.25, 0.3) is 0 Å². The van der Waals surface area contributed by atoms with E-state index in [-0.39, 0.29) is 6.03 Å². The zero-order valence-corrected chi connectivity index (χ0v) is 12.7. The van der Waals surface area contributed by atoms with E-state index in [9.17, 15) is 4.79 Å². The maximum absolute atomic E-state index is 12.1. The molecule has 2 aliphatic rings. The van der Waals surface area contributed by atoms with Crippen LogP contribution in [0.15, 0.2) is 29.2 Å². The van der Waals surface area contributed by atoms with Gasteiger partial charge in [-0.25, -0.2) is 4.79 Å². The van der Waals surface area contributed by atoms with Crippen molar-refractivity contribution in [3.63, 3.8) is 0 Å². The van der Waals surface area contributed by atoms with Gasteiger partial charge in [0, 0.05) is 29.7 Å². The average molecular weight is 291 g/mol. The van der Waals surface area contributed by atoms with Crippen LogP contribution in [0.25, 0.3) is 0 Å². The van der Waals surface area contributed by atoms with E-state index in [2.05, 4.69) is 10.2 Å². The Hall–Kier alpha value is -1.20. The minimum absolute atomic E-state index is 0.0266. The van der Waals surface area contributed by atoms with Gasteiger partial charge < -0.3 is 10.2 Å². The molecule has 20 heavy (non-hydrogen) atoms. The number of benzene rings is 1. The van der Waals surface area contributed by atoms with Crippen molar-refractivity contribution in [1.29, 1.82) is 0 Å². The summed E-state index contributed by atoms with van der Waals surface area (Å²) in [4.78, 5) is 17.7. The lowest BCUT2D eigenvalue weighted by Gasteiger charge is -2.43. The minimum Gasteiger partial charge on any atom is -0.321 e. The second-order valence-electron chi connectivity index (χ2n) is 5.46. The number of nitrogens with one attached hydrogen (secondary N) is 1. The quantitative estimate of drug-likeness (QED) is 0.870. The fraction of sp³-hybridized carbons (Fsp3) is 0.533. The molecular weight excluding hydrogens is 270 g/mol. The molecule has 2 fully saturated rings. The van der Waals surface area contributed by atoms with Gasteiger partial charge in [0.05, 0.1) is 0 Å². The fourth-order valence-electron chi connectivity index (χ4n) is 2.86. The standard InChI is InChI=1S/C15H21N3OS/c1-20-14-6-4-5-12(9-14)16-15(19)18-10-13(11-18)17-7-2-3-8-17/h4-6,9,13H,2-3,7-8,10-11H2,1H3,(H,16,19). The summed E-state index contributed by atoms with van der Waals surface area (Å²) in [6.07, 6.45) is 4.66. The summed E-state index contributed by atoms with van der Waals surface area (Å²) in [7, 11) is 0. The number of likely N-dealkylation sites (tertiary alicyclic amines) is 2. The lowest BCUT2D eigenvalue weighted by atomic mass is 10.1. The van der Waals surface area contributed by atoms with E-state index in [0.717, 1.165) is 18.8 Å². The molecule has 2 saturated heterocycles. The topological polar surface area (TPSA) is 35.6 Å². The third-order valence-corrected chi connectivity index (χ3v) is 4.85. The summed E-state index contributed by atoms with van der Waals surface area (Å²) in [6.45, 7) is 4.15. The Balaban J connectivity index is 1.50. The van der Waals surface area contributed by atoms with Crippen LogP contribution >= 0.6 is 11.8 Å². The highest BCUT2D eigenvalue weighted by atomic mass is 32.2. The first-order chi connectivity index (χ1) is 9.76. The monoisotopic (exact) mass is 291 g/mol. The number of hydrogen-bond acceptors (Lipinski definition) is 3. The first-order valence-corrected chi connectivity index (χ1v) is 8.43. The van der Waals surface area contributed by atoms with Crippen LogP contribution in [-0.2, 0) is 0 Å². The smallest absolute Gasteiger partial charge is 0.321 e. The van der Waals surface area contributed by atoms with E-state index in [1.807, 2.05) is 35.4 Å². The highest BCUT2D eigenvalue weighted by Gasteiger charge is 2.35. The van der Waals surface area contributed by atoms with E-state index in [1.165, 1.54) is 30.8 Å². The van der Waals surface area contributed by atoms with Crippen molar-refractivity contribution < 1.29 is 4.79 Å². The van der Waals surface area contributed by atoms with Gasteiger partial charge in [-0.3, -0.25) is 4.90 Å². The molecule has 1 aromatic rings. The van der Waals surface area contributed by atoms with Crippen LogP contribution in [0.1, 0.15) is 12.8 Å². The number of carbonyl (C=O) groups is 1. The first-order valence-electron chi connectivity index (χ1n) is 7.20. The fourth-order valence-corrected chi connectivity index (χ4v) is 3.32. The Morgan fingerprint density at radius 3 is 2.75 bits per heavy atom. The van der Waals surface area contributed by atoms with Gasteiger partial charge in [-0.15, -0.1) is 11.8 Å². The first kappa shape index (κ1) is 13.8. The van der Waals surface area contributed by atoms with Gasteiger partial charge in [0.15, 0.2) is 0 Å². The van der Waals surface area contributed by atoms with Crippen molar-refractivity contribution in [2.45, 2.75) is 23.8 Å². The molecule has 108 valence electrons. The molecular formula is C15H21N3OS. The number of nitrogens with zero attached hydrogens (tertiary/aromatic N) is 2. The summed E-state index contributed by atoms with van der Waals surface area (Å²) in [5.74, 6) is 0. The summed E-state index contributed by atoms with van der Waals surface area (Å²) in [5, 5.41) is 2.98. The molecule has 1 aromatic carbocycles. The Bertz CT molecular complexity index is 482. The maximum atomic E-state index is 12.1. The van der Waals surface area contributed by atoms with Crippen LogP contribution in [0.4, 0.5) is 10.5 Å². The van der Waals surface area contributed by atoms with E-state index < -0.39 is 0 Å². The third kappa shape index (κ3) is 2.94. The molecule has 0 saturated carbocycles. The molecule has 2 heterocycles. The molecule has 0 unspecified atom stereocenters. The lowest BCUT2D eigenvalue weighted by Crippen LogP contribution is -2.61. The zero-order valence-electron chi connectivity index (χ0n) is 11.8. The molecule has 0 radical (unpaired) electrons. The van der Waals surface area contributed by atoms with Crippen LogP contribution in [0.2, 0.25) is 0 Å². The molecule has 4 nitrogen and oxygen atoms in total. The minimum atomic E-state index is 0.0266. The Morgan fingerprint density at radius 2 is 2.05 bits per heavy atom. The molecule has 0 aliphatic carbocycles. The number of hydrogen-bond donors (Lipinski definition) is 1. The van der Waals surface area contributed by atoms with Crippen molar-refractivity contribution in [1.82, 2.24) is 9.80 Å². The predicted molar refractivity (Wildman–Crippen MR) is 83.4 cm³/mol. The number of carbonyl (C=O) groups excluding carboxylic acids is 1. The largest absolute Gasteiger partial charge is 0.321 e. The van der Waals surface area contributed by atoms with Crippen LogP contribution < -0.4 is 5.32 Å². The number of amides is 2. The van der Waals surface area contributed by atoms with E-state index in [0.29, 0.717) is 6.04 Å². The highest BCUT2D eigenvalue weighted by Crippen LogP contribution is 2.22. The molecule has 0 atom stereocenters. The van der Waals surface area contributed by atoms with E-state index in [1.54, 1.807) is 11.8 Å². The Kier molecular flexibility index (Phi) is 4.17. The molecule has 2 amide bonds. The maximum Gasteiger partial charge on any atom is 0.321 e. The van der Waals surface area contributed by atoms with Gasteiger partial charge >= 0.3 is 6.03 Å². The highest BCUT2D eigenvalue weighted by molar-refractivity contribution is 7.98. The number of urea groups is 1. The summed E-state index contributed by atoms with van der Waals surface area (Å²) in [6, 6.07) is 8.59. The molecule has 0 bridgehead atoms. The number of thioether (sulfide) groups is 1. The number of anilines is 1. The molecule has 3 rings (SSSR count). The van der Waals surface area contributed by atoms with Gasteiger partial charge in [0.1, 0.15) is 0 Å². The normalized spacial score (nSPS) is 19.9. The zero-order chi connectivity index (χ0) is 13.9. The van der Waals surface area contributed by atoms with Gasteiger partial charge in [-0.05, 0) is 50.4 Å². The Morgan fingerprint density at radius 1 is 1.30 bits per heavy atom. The molecule has 0 spiro atoms. The van der Waals surface area contributed by atoms with Crippen LogP contribution in [0.5, 0.6) is 0 Å². The molecule has 1 N–H and O–H groups in total. The van der Waals surface area contributed by atoms with Crippen molar-refractivity contribution in [3.05, 3.63) is 24.3 Å². The molecule has 2 aliphatic heterocycles. The van der Waals surface area contributed by atoms with Gasteiger partial charge in [-0.1, -0.05) is 6.07 Å². The third-order valence-electron chi connectivity index (χ3n) is 4.13. The van der Waals surface area contributed by atoms with Crippen molar-refractivity contribution >= 4 is 23.5 Å². The van der Waals surface area contributed by atoms with Gasteiger partial charge in [0.2, 0.25) is 0 Å².